The van der Waals surface area contributed by atoms with Crippen LogP contribution < -0.4 is 9.47 Å². The lowest BCUT2D eigenvalue weighted by atomic mass is 10.00. The van der Waals surface area contributed by atoms with Gasteiger partial charge in [0.25, 0.3) is 5.91 Å². The zero-order valence-electron chi connectivity index (χ0n) is 15.6. The van der Waals surface area contributed by atoms with Crippen LogP contribution in [0.3, 0.4) is 0 Å². The van der Waals surface area contributed by atoms with Crippen molar-refractivity contribution in [3.05, 3.63) is 64.3 Å². The van der Waals surface area contributed by atoms with E-state index in [0.29, 0.717) is 41.6 Å². The fraction of sp³-hybridized carbons (Fsp3) is 0.238. The first-order chi connectivity index (χ1) is 13.6. The zero-order valence-corrected chi connectivity index (χ0v) is 16.3. The maximum Gasteiger partial charge on any atom is 0.254 e. The molecule has 0 bridgehead atoms. The number of methoxy groups -OCH3 is 2. The molecular formula is C21H19ClN2O4. The van der Waals surface area contributed by atoms with Gasteiger partial charge < -0.3 is 18.9 Å². The normalized spacial score (nSPS) is 13.2. The van der Waals surface area contributed by atoms with Gasteiger partial charge in [-0.15, -0.1) is 0 Å². The summed E-state index contributed by atoms with van der Waals surface area (Å²) in [6.45, 7) is 0.970. The van der Waals surface area contributed by atoms with Crippen LogP contribution in [0, 0.1) is 0 Å². The van der Waals surface area contributed by atoms with Crippen LogP contribution in [0.2, 0.25) is 5.02 Å². The Morgan fingerprint density at radius 3 is 2.43 bits per heavy atom. The standard InChI is InChI=1S/C21H19ClN2O4/c1-26-16-9-14(10-17(11-16)27-2)21(25)24-8-7-18-19(12-24)23-28-20(18)13-3-5-15(22)6-4-13/h3-6,9-11H,7-8,12H2,1-2H3. The Hall–Kier alpha value is -2.99. The van der Waals surface area contributed by atoms with Crippen LogP contribution in [0.25, 0.3) is 11.3 Å². The fourth-order valence-electron chi connectivity index (χ4n) is 3.35. The SMILES string of the molecule is COc1cc(OC)cc(C(=O)N2CCc3c(noc3-c3ccc(Cl)cc3)C2)c1. The molecule has 1 aliphatic heterocycles. The molecule has 1 aliphatic rings. The number of carbonyl (C=O) groups excluding carboxylic acids is 1. The molecule has 0 atom stereocenters. The third-order valence-corrected chi connectivity index (χ3v) is 5.09. The van der Waals surface area contributed by atoms with Crippen molar-refractivity contribution < 1.29 is 18.8 Å². The number of benzene rings is 2. The summed E-state index contributed by atoms with van der Waals surface area (Å²) in [4.78, 5) is 14.8. The Morgan fingerprint density at radius 2 is 1.79 bits per heavy atom. The predicted octanol–water partition coefficient (Wildman–Crippen LogP) is 4.21. The van der Waals surface area contributed by atoms with E-state index in [1.807, 2.05) is 24.3 Å². The Balaban J connectivity index is 1.58. The molecule has 0 aliphatic carbocycles. The summed E-state index contributed by atoms with van der Waals surface area (Å²) in [6, 6.07) is 12.6. The Labute approximate surface area is 167 Å². The van der Waals surface area contributed by atoms with Gasteiger partial charge in [-0.05, 0) is 42.8 Å². The number of carbonyl (C=O) groups is 1. The second kappa shape index (κ2) is 7.56. The molecule has 28 heavy (non-hydrogen) atoms. The van der Waals surface area contributed by atoms with Crippen molar-refractivity contribution >= 4 is 17.5 Å². The molecule has 0 saturated heterocycles. The number of amides is 1. The van der Waals surface area contributed by atoms with Gasteiger partial charge in [-0.2, -0.15) is 0 Å². The maximum atomic E-state index is 13.0. The van der Waals surface area contributed by atoms with E-state index in [1.54, 1.807) is 37.3 Å². The molecule has 0 saturated carbocycles. The number of hydrogen-bond acceptors (Lipinski definition) is 5. The number of aromatic nitrogens is 1. The van der Waals surface area contributed by atoms with E-state index in [-0.39, 0.29) is 5.91 Å². The summed E-state index contributed by atoms with van der Waals surface area (Å²) in [5, 5.41) is 4.87. The molecule has 4 rings (SSSR count). The summed E-state index contributed by atoms with van der Waals surface area (Å²) in [7, 11) is 3.12. The second-order valence-electron chi connectivity index (χ2n) is 6.52. The smallest absolute Gasteiger partial charge is 0.254 e. The van der Waals surface area contributed by atoms with Gasteiger partial charge >= 0.3 is 0 Å². The van der Waals surface area contributed by atoms with Gasteiger partial charge in [0.2, 0.25) is 0 Å². The van der Waals surface area contributed by atoms with Gasteiger partial charge in [0.1, 0.15) is 17.2 Å². The summed E-state index contributed by atoms with van der Waals surface area (Å²) in [5.74, 6) is 1.79. The largest absolute Gasteiger partial charge is 0.497 e. The van der Waals surface area contributed by atoms with Gasteiger partial charge in [0, 0.05) is 34.3 Å². The molecular weight excluding hydrogens is 380 g/mol. The maximum absolute atomic E-state index is 13.0. The molecule has 0 unspecified atom stereocenters. The zero-order chi connectivity index (χ0) is 19.7. The van der Waals surface area contributed by atoms with E-state index in [2.05, 4.69) is 5.16 Å². The van der Waals surface area contributed by atoms with Gasteiger partial charge in [-0.3, -0.25) is 4.79 Å². The summed E-state index contributed by atoms with van der Waals surface area (Å²) in [5.41, 5.74) is 3.26. The third-order valence-electron chi connectivity index (χ3n) is 4.83. The van der Waals surface area contributed by atoms with Gasteiger partial charge in [0.15, 0.2) is 5.76 Å². The minimum Gasteiger partial charge on any atom is -0.497 e. The molecule has 7 heteroatoms. The van der Waals surface area contributed by atoms with Crippen LogP contribution in [-0.2, 0) is 13.0 Å². The molecule has 1 amide bonds. The summed E-state index contributed by atoms with van der Waals surface area (Å²) >= 11 is 5.96. The first kappa shape index (κ1) is 18.4. The van der Waals surface area contributed by atoms with Gasteiger partial charge in [-0.1, -0.05) is 16.8 Å². The van der Waals surface area contributed by atoms with E-state index in [0.717, 1.165) is 22.6 Å². The predicted molar refractivity (Wildman–Crippen MR) is 105 cm³/mol. The average Bonchev–Trinajstić information content (AvgIpc) is 3.16. The molecule has 144 valence electrons. The van der Waals surface area contributed by atoms with Crippen molar-refractivity contribution in [3.8, 4) is 22.8 Å². The lowest BCUT2D eigenvalue weighted by Crippen LogP contribution is -2.36. The van der Waals surface area contributed by atoms with Crippen LogP contribution in [0.15, 0.2) is 47.0 Å². The lowest BCUT2D eigenvalue weighted by Gasteiger charge is -2.26. The van der Waals surface area contributed by atoms with Gasteiger partial charge in [0.05, 0.1) is 20.8 Å². The third kappa shape index (κ3) is 3.43. The first-order valence-corrected chi connectivity index (χ1v) is 9.22. The Kier molecular flexibility index (Phi) is 4.96. The second-order valence-corrected chi connectivity index (χ2v) is 6.96. The van der Waals surface area contributed by atoms with Crippen LogP contribution in [0.5, 0.6) is 11.5 Å². The number of fused-ring (bicyclic) bond motifs is 1. The highest BCUT2D eigenvalue weighted by Gasteiger charge is 2.28. The Morgan fingerprint density at radius 1 is 1.11 bits per heavy atom. The molecule has 2 heterocycles. The van der Waals surface area contributed by atoms with E-state index >= 15 is 0 Å². The molecule has 2 aromatic carbocycles. The molecule has 6 nitrogen and oxygen atoms in total. The van der Waals surface area contributed by atoms with Crippen LogP contribution in [-0.4, -0.2) is 36.7 Å². The van der Waals surface area contributed by atoms with Crippen molar-refractivity contribution in [3.63, 3.8) is 0 Å². The first-order valence-electron chi connectivity index (χ1n) is 8.84. The average molecular weight is 399 g/mol. The molecule has 0 N–H and O–H groups in total. The molecule has 3 aromatic rings. The topological polar surface area (TPSA) is 64.8 Å². The number of halogens is 1. The van der Waals surface area contributed by atoms with E-state index in [9.17, 15) is 4.79 Å². The number of rotatable bonds is 4. The van der Waals surface area contributed by atoms with E-state index < -0.39 is 0 Å². The lowest BCUT2D eigenvalue weighted by molar-refractivity contribution is 0.0731. The summed E-state index contributed by atoms with van der Waals surface area (Å²) in [6.07, 6.45) is 0.670. The minimum atomic E-state index is -0.0982. The number of ether oxygens (including phenoxy) is 2. The van der Waals surface area contributed by atoms with Crippen molar-refractivity contribution in [1.82, 2.24) is 10.1 Å². The number of nitrogens with zero attached hydrogens (tertiary/aromatic N) is 2. The molecule has 0 fully saturated rings. The monoisotopic (exact) mass is 398 g/mol. The Bertz CT molecular complexity index is 991. The van der Waals surface area contributed by atoms with Crippen molar-refractivity contribution in [2.45, 2.75) is 13.0 Å². The van der Waals surface area contributed by atoms with Crippen LogP contribution in [0.1, 0.15) is 21.6 Å². The van der Waals surface area contributed by atoms with Crippen molar-refractivity contribution in [2.75, 3.05) is 20.8 Å². The van der Waals surface area contributed by atoms with Crippen LogP contribution in [0.4, 0.5) is 0 Å². The summed E-state index contributed by atoms with van der Waals surface area (Å²) < 4.78 is 16.1. The highest BCUT2D eigenvalue weighted by molar-refractivity contribution is 6.30. The van der Waals surface area contributed by atoms with Crippen molar-refractivity contribution in [1.29, 1.82) is 0 Å². The quantitative estimate of drug-likeness (QED) is 0.658. The fourth-order valence-corrected chi connectivity index (χ4v) is 3.47. The van der Waals surface area contributed by atoms with Crippen molar-refractivity contribution in [2.24, 2.45) is 0 Å². The molecule has 0 radical (unpaired) electrons. The minimum absolute atomic E-state index is 0.0982. The van der Waals surface area contributed by atoms with Crippen LogP contribution >= 0.6 is 11.6 Å². The van der Waals surface area contributed by atoms with Gasteiger partial charge in [-0.25, -0.2) is 0 Å². The van der Waals surface area contributed by atoms with E-state index in [4.69, 9.17) is 25.6 Å². The number of hydrogen-bond donors (Lipinski definition) is 0. The highest BCUT2D eigenvalue weighted by atomic mass is 35.5. The molecule has 1 aromatic heterocycles. The highest BCUT2D eigenvalue weighted by Crippen LogP contribution is 2.32. The van der Waals surface area contributed by atoms with E-state index in [1.165, 1.54) is 0 Å². The molecule has 0 spiro atoms.